The van der Waals surface area contributed by atoms with E-state index in [4.69, 9.17) is 9.47 Å². The van der Waals surface area contributed by atoms with Gasteiger partial charge in [0.05, 0.1) is 14.2 Å². The van der Waals surface area contributed by atoms with Gasteiger partial charge in [-0.3, -0.25) is 9.69 Å². The number of carbonyl (C=O) groups is 1. The van der Waals surface area contributed by atoms with Gasteiger partial charge < -0.3 is 14.4 Å². The molecule has 2 aromatic carbocycles. The second-order valence-corrected chi connectivity index (χ2v) is 8.08. The lowest BCUT2D eigenvalue weighted by Gasteiger charge is -2.39. The van der Waals surface area contributed by atoms with Crippen LogP contribution in [0.25, 0.3) is 0 Å². The summed E-state index contributed by atoms with van der Waals surface area (Å²) in [7, 11) is 3.36. The van der Waals surface area contributed by atoms with Gasteiger partial charge in [0.15, 0.2) is 0 Å². The normalized spacial score (nSPS) is 15.1. The number of rotatable bonds is 8. The number of nitrogens with zero attached hydrogens (tertiary/aromatic N) is 2. The zero-order chi connectivity index (χ0) is 21.5. The summed E-state index contributed by atoms with van der Waals surface area (Å²) in [5.41, 5.74) is 3.42. The van der Waals surface area contributed by atoms with Crippen molar-refractivity contribution in [3.05, 3.63) is 53.6 Å². The van der Waals surface area contributed by atoms with E-state index in [1.54, 1.807) is 14.2 Å². The van der Waals surface area contributed by atoms with Gasteiger partial charge >= 0.3 is 0 Å². The number of ether oxygens (including phenoxy) is 2. The Kier molecular flexibility index (Phi) is 7.75. The first kappa shape index (κ1) is 22.2. The molecule has 1 aliphatic heterocycles. The van der Waals surface area contributed by atoms with Crippen LogP contribution in [0.15, 0.2) is 42.5 Å². The number of piperidine rings is 1. The Morgan fingerprint density at radius 2 is 1.63 bits per heavy atom. The largest absolute Gasteiger partial charge is 0.497 e. The van der Waals surface area contributed by atoms with E-state index in [1.807, 2.05) is 6.07 Å². The Morgan fingerprint density at radius 1 is 1.03 bits per heavy atom. The quantitative estimate of drug-likeness (QED) is 0.626. The van der Waals surface area contributed by atoms with Crippen LogP contribution in [0, 0.1) is 6.92 Å². The number of benzene rings is 2. The number of anilines is 1. The molecule has 1 amide bonds. The molecular formula is C25H34N2O3. The molecule has 0 saturated carbocycles. The topological polar surface area (TPSA) is 42.0 Å². The van der Waals surface area contributed by atoms with E-state index in [0.29, 0.717) is 6.42 Å². The highest BCUT2D eigenvalue weighted by atomic mass is 16.5. The molecule has 1 saturated heterocycles. The van der Waals surface area contributed by atoms with Gasteiger partial charge in [0.2, 0.25) is 5.91 Å². The molecule has 0 unspecified atom stereocenters. The Balaban J connectivity index is 1.67. The van der Waals surface area contributed by atoms with Gasteiger partial charge in [0, 0.05) is 43.9 Å². The second kappa shape index (κ2) is 10.5. The monoisotopic (exact) mass is 410 g/mol. The van der Waals surface area contributed by atoms with Crippen LogP contribution in [0.2, 0.25) is 0 Å². The Morgan fingerprint density at radius 3 is 2.17 bits per heavy atom. The molecule has 0 N–H and O–H groups in total. The summed E-state index contributed by atoms with van der Waals surface area (Å²) in [6.07, 6.45) is 3.42. The first-order chi connectivity index (χ1) is 14.5. The molecule has 5 nitrogen and oxygen atoms in total. The molecule has 162 valence electrons. The van der Waals surface area contributed by atoms with Crippen LogP contribution in [0.5, 0.6) is 11.5 Å². The van der Waals surface area contributed by atoms with Gasteiger partial charge in [-0.1, -0.05) is 24.6 Å². The van der Waals surface area contributed by atoms with Crippen molar-refractivity contribution >= 4 is 11.6 Å². The zero-order valence-corrected chi connectivity index (χ0v) is 18.7. The highest BCUT2D eigenvalue weighted by molar-refractivity contribution is 5.94. The summed E-state index contributed by atoms with van der Waals surface area (Å²) < 4.78 is 10.8. The molecule has 0 spiro atoms. The average molecular weight is 411 g/mol. The fourth-order valence-electron chi connectivity index (χ4n) is 4.15. The molecule has 1 fully saturated rings. The van der Waals surface area contributed by atoms with Crippen LogP contribution in [-0.2, 0) is 11.3 Å². The number of aryl methyl sites for hydroxylation is 1. The first-order valence-electron chi connectivity index (χ1n) is 10.9. The molecule has 0 radical (unpaired) electrons. The zero-order valence-electron chi connectivity index (χ0n) is 18.7. The van der Waals surface area contributed by atoms with Crippen molar-refractivity contribution in [3.8, 4) is 11.5 Å². The molecule has 0 aliphatic carbocycles. The molecule has 2 aromatic rings. The minimum absolute atomic E-state index is 0.234. The SMILES string of the molecule is CCCC(=O)N(c1ccc(C)cc1)C1CCN(Cc2cc(OC)cc(OC)c2)CC1. The summed E-state index contributed by atoms with van der Waals surface area (Å²) in [6, 6.07) is 14.6. The van der Waals surface area contributed by atoms with Crippen molar-refractivity contribution < 1.29 is 14.3 Å². The number of carbonyl (C=O) groups excluding carboxylic acids is 1. The lowest BCUT2D eigenvalue weighted by molar-refractivity contribution is -0.119. The molecule has 0 atom stereocenters. The molecule has 1 aliphatic rings. The highest BCUT2D eigenvalue weighted by Crippen LogP contribution is 2.28. The molecule has 3 rings (SSSR count). The van der Waals surface area contributed by atoms with E-state index in [2.05, 4.69) is 60.0 Å². The van der Waals surface area contributed by atoms with E-state index in [9.17, 15) is 4.79 Å². The predicted octanol–water partition coefficient (Wildman–Crippen LogP) is 4.81. The molecule has 0 bridgehead atoms. The van der Waals surface area contributed by atoms with E-state index < -0.39 is 0 Å². The summed E-state index contributed by atoms with van der Waals surface area (Å²) in [5, 5.41) is 0. The first-order valence-corrected chi connectivity index (χ1v) is 10.9. The van der Waals surface area contributed by atoms with Crippen molar-refractivity contribution in [1.82, 2.24) is 4.90 Å². The number of amides is 1. The summed E-state index contributed by atoms with van der Waals surface area (Å²) in [6.45, 7) is 6.93. The maximum atomic E-state index is 12.9. The summed E-state index contributed by atoms with van der Waals surface area (Å²) >= 11 is 0. The Labute approximate surface area is 180 Å². The van der Waals surface area contributed by atoms with E-state index in [-0.39, 0.29) is 11.9 Å². The standard InChI is InChI=1S/C25H34N2O3/c1-5-6-25(28)27(21-9-7-19(2)8-10-21)22-11-13-26(14-12-22)18-20-15-23(29-3)17-24(16-20)30-4/h7-10,15-17,22H,5-6,11-14,18H2,1-4H3. The smallest absolute Gasteiger partial charge is 0.227 e. The molecular weight excluding hydrogens is 376 g/mol. The second-order valence-electron chi connectivity index (χ2n) is 8.08. The summed E-state index contributed by atoms with van der Waals surface area (Å²) in [4.78, 5) is 17.4. The molecule has 5 heteroatoms. The number of methoxy groups -OCH3 is 2. The van der Waals surface area contributed by atoms with Crippen LogP contribution in [0.3, 0.4) is 0 Å². The van der Waals surface area contributed by atoms with Gasteiger partial charge in [-0.05, 0) is 56.0 Å². The van der Waals surface area contributed by atoms with Crippen LogP contribution >= 0.6 is 0 Å². The van der Waals surface area contributed by atoms with Crippen molar-refractivity contribution in [3.63, 3.8) is 0 Å². The fraction of sp³-hybridized carbons (Fsp3) is 0.480. The van der Waals surface area contributed by atoms with Crippen molar-refractivity contribution in [1.29, 1.82) is 0 Å². The lowest BCUT2D eigenvalue weighted by Crippen LogP contribution is -2.47. The maximum absolute atomic E-state index is 12.9. The minimum atomic E-state index is 0.234. The van der Waals surface area contributed by atoms with Crippen molar-refractivity contribution in [2.45, 2.75) is 52.1 Å². The maximum Gasteiger partial charge on any atom is 0.227 e. The van der Waals surface area contributed by atoms with Gasteiger partial charge in [0.1, 0.15) is 11.5 Å². The number of hydrogen-bond acceptors (Lipinski definition) is 4. The van der Waals surface area contributed by atoms with E-state index in [1.165, 1.54) is 11.1 Å². The molecule has 0 aromatic heterocycles. The van der Waals surface area contributed by atoms with Gasteiger partial charge in [-0.2, -0.15) is 0 Å². The third kappa shape index (κ3) is 5.54. The van der Waals surface area contributed by atoms with E-state index >= 15 is 0 Å². The number of hydrogen-bond donors (Lipinski definition) is 0. The predicted molar refractivity (Wildman–Crippen MR) is 121 cm³/mol. The summed E-state index contributed by atoms with van der Waals surface area (Å²) in [5.74, 6) is 1.86. The lowest BCUT2D eigenvalue weighted by atomic mass is 10.0. The van der Waals surface area contributed by atoms with E-state index in [0.717, 1.165) is 56.1 Å². The Bertz CT molecular complexity index is 805. The average Bonchev–Trinajstić information content (AvgIpc) is 2.76. The van der Waals surface area contributed by atoms with Crippen molar-refractivity contribution in [2.75, 3.05) is 32.2 Å². The van der Waals surface area contributed by atoms with Crippen LogP contribution in [0.1, 0.15) is 43.7 Å². The minimum Gasteiger partial charge on any atom is -0.497 e. The van der Waals surface area contributed by atoms with Gasteiger partial charge in [-0.25, -0.2) is 0 Å². The Hall–Kier alpha value is -2.53. The highest BCUT2D eigenvalue weighted by Gasteiger charge is 2.28. The third-order valence-corrected chi connectivity index (χ3v) is 5.78. The molecule has 1 heterocycles. The number of likely N-dealkylation sites (tertiary alicyclic amines) is 1. The van der Waals surface area contributed by atoms with Gasteiger partial charge in [0.25, 0.3) is 0 Å². The molecule has 30 heavy (non-hydrogen) atoms. The fourth-order valence-corrected chi connectivity index (χ4v) is 4.15. The van der Waals surface area contributed by atoms with Crippen LogP contribution < -0.4 is 14.4 Å². The van der Waals surface area contributed by atoms with Crippen LogP contribution in [0.4, 0.5) is 5.69 Å². The third-order valence-electron chi connectivity index (χ3n) is 5.78. The van der Waals surface area contributed by atoms with Gasteiger partial charge in [-0.15, -0.1) is 0 Å². The van der Waals surface area contributed by atoms with Crippen LogP contribution in [-0.4, -0.2) is 44.2 Å². The van der Waals surface area contributed by atoms with Crippen molar-refractivity contribution in [2.24, 2.45) is 0 Å².